The Balaban J connectivity index is 1.91. The number of nitrogens with one attached hydrogen (secondary N) is 2. The molecule has 0 saturated carbocycles. The van der Waals surface area contributed by atoms with Crippen molar-refractivity contribution in [3.05, 3.63) is 36.2 Å². The van der Waals surface area contributed by atoms with Crippen molar-refractivity contribution in [3.8, 4) is 0 Å². The Bertz CT molecular complexity index is 898. The van der Waals surface area contributed by atoms with E-state index in [-0.39, 0.29) is 0 Å². The van der Waals surface area contributed by atoms with E-state index in [0.29, 0.717) is 30.4 Å². The van der Waals surface area contributed by atoms with Crippen LogP contribution < -0.4 is 16.4 Å². The van der Waals surface area contributed by atoms with Crippen molar-refractivity contribution in [1.29, 1.82) is 0 Å². The van der Waals surface area contributed by atoms with Crippen molar-refractivity contribution in [2.45, 2.75) is 39.5 Å². The summed E-state index contributed by atoms with van der Waals surface area (Å²) in [7, 11) is 0. The van der Waals surface area contributed by atoms with Crippen LogP contribution in [0.3, 0.4) is 0 Å². The van der Waals surface area contributed by atoms with Crippen LogP contribution in [0.2, 0.25) is 0 Å². The van der Waals surface area contributed by atoms with Crippen molar-refractivity contribution in [3.63, 3.8) is 0 Å². The van der Waals surface area contributed by atoms with Crippen molar-refractivity contribution >= 4 is 28.6 Å². The first-order chi connectivity index (χ1) is 12.4. The number of benzene rings is 1. The largest absolute Gasteiger partial charge is 0.398 e. The Morgan fingerprint density at radius 3 is 2.65 bits per heavy atom. The molecule has 0 unspecified atom stereocenters. The van der Waals surface area contributed by atoms with Crippen molar-refractivity contribution in [2.24, 2.45) is 0 Å². The molecule has 0 fully saturated rings. The second-order valence-electron chi connectivity index (χ2n) is 6.82. The van der Waals surface area contributed by atoms with Crippen molar-refractivity contribution < 1.29 is 5.11 Å². The maximum absolute atomic E-state index is 9.94. The van der Waals surface area contributed by atoms with E-state index in [1.807, 2.05) is 35.8 Å². The number of anilines is 3. The second-order valence-corrected chi connectivity index (χ2v) is 6.82. The molecular weight excluding hydrogens is 330 g/mol. The zero-order valence-electron chi connectivity index (χ0n) is 15.3. The summed E-state index contributed by atoms with van der Waals surface area (Å²) in [5, 5.41) is 16.3. The van der Waals surface area contributed by atoms with Gasteiger partial charge in [-0.25, -0.2) is 4.98 Å². The minimum atomic E-state index is -0.866. The molecule has 0 atom stereocenters. The first kappa shape index (κ1) is 17.9. The van der Waals surface area contributed by atoms with Gasteiger partial charge in [-0.1, -0.05) is 18.2 Å². The van der Waals surface area contributed by atoms with Crippen LogP contribution in [0.1, 0.15) is 26.3 Å². The number of nitrogens with two attached hydrogens (primary N) is 1. The highest BCUT2D eigenvalue weighted by atomic mass is 16.3. The number of para-hydroxylation sites is 1. The first-order valence-corrected chi connectivity index (χ1v) is 8.64. The number of nitrogens with zero attached hydrogens (tertiary/aromatic N) is 4. The van der Waals surface area contributed by atoms with E-state index in [4.69, 9.17) is 5.73 Å². The molecule has 3 rings (SSSR count). The lowest BCUT2D eigenvalue weighted by Crippen LogP contribution is -2.30. The molecule has 0 aliphatic rings. The molecular formula is C18H25N7O. The maximum atomic E-state index is 9.94. The van der Waals surface area contributed by atoms with Crippen LogP contribution in [-0.2, 0) is 13.1 Å². The van der Waals surface area contributed by atoms with E-state index >= 15 is 0 Å². The SMILES string of the molecule is CCn1cnc2c(NCc3ccccc3N)nc(NCC(C)(C)O)nc21. The number of aromatic nitrogens is 4. The molecule has 0 spiro atoms. The third-order valence-electron chi connectivity index (χ3n) is 3.99. The number of rotatable bonds is 7. The molecule has 5 N–H and O–H groups in total. The lowest BCUT2D eigenvalue weighted by molar-refractivity contribution is 0.0943. The molecule has 0 radical (unpaired) electrons. The average Bonchev–Trinajstić information content (AvgIpc) is 3.01. The normalized spacial score (nSPS) is 11.7. The summed E-state index contributed by atoms with van der Waals surface area (Å²) in [4.78, 5) is 13.5. The number of fused-ring (bicyclic) bond motifs is 1. The lowest BCUT2D eigenvalue weighted by Gasteiger charge is -2.18. The number of aryl methyl sites for hydroxylation is 1. The van der Waals surface area contributed by atoms with Gasteiger partial charge >= 0.3 is 0 Å². The Morgan fingerprint density at radius 1 is 1.19 bits per heavy atom. The summed E-state index contributed by atoms with van der Waals surface area (Å²) in [6.07, 6.45) is 1.75. The van der Waals surface area contributed by atoms with E-state index in [9.17, 15) is 5.11 Å². The topological polar surface area (TPSA) is 114 Å². The molecule has 8 heteroatoms. The van der Waals surface area contributed by atoms with Crippen LogP contribution in [0.4, 0.5) is 17.5 Å². The third-order valence-corrected chi connectivity index (χ3v) is 3.99. The highest BCUT2D eigenvalue weighted by molar-refractivity contribution is 5.84. The average molecular weight is 355 g/mol. The zero-order valence-corrected chi connectivity index (χ0v) is 15.3. The smallest absolute Gasteiger partial charge is 0.226 e. The minimum Gasteiger partial charge on any atom is -0.398 e. The van der Waals surface area contributed by atoms with Gasteiger partial charge in [-0.2, -0.15) is 9.97 Å². The lowest BCUT2D eigenvalue weighted by atomic mass is 10.1. The predicted molar refractivity (Wildman–Crippen MR) is 104 cm³/mol. The quantitative estimate of drug-likeness (QED) is 0.481. The fourth-order valence-corrected chi connectivity index (χ4v) is 2.55. The van der Waals surface area contributed by atoms with E-state index < -0.39 is 5.60 Å². The molecule has 0 aliphatic heterocycles. The highest BCUT2D eigenvalue weighted by Gasteiger charge is 2.16. The van der Waals surface area contributed by atoms with Crippen molar-refractivity contribution in [2.75, 3.05) is 22.9 Å². The number of hydrogen-bond donors (Lipinski definition) is 4. The summed E-state index contributed by atoms with van der Waals surface area (Å²) in [6.45, 7) is 7.11. The van der Waals surface area contributed by atoms with Crippen LogP contribution in [0.15, 0.2) is 30.6 Å². The maximum Gasteiger partial charge on any atom is 0.226 e. The standard InChI is InChI=1S/C18H25N7O/c1-4-25-11-22-14-15(20-9-12-7-5-6-8-13(12)19)23-17(24-16(14)25)21-10-18(2,3)26/h5-8,11,26H,4,9-10,19H2,1-3H3,(H2,20,21,23,24). The molecule has 3 aromatic rings. The Hall–Kier alpha value is -2.87. The van der Waals surface area contributed by atoms with Gasteiger partial charge in [0.15, 0.2) is 17.0 Å². The van der Waals surface area contributed by atoms with Gasteiger partial charge in [-0.3, -0.25) is 0 Å². The molecule has 8 nitrogen and oxygen atoms in total. The predicted octanol–water partition coefficient (Wildman–Crippen LogP) is 2.22. The van der Waals surface area contributed by atoms with E-state index in [0.717, 1.165) is 23.4 Å². The van der Waals surface area contributed by atoms with E-state index in [2.05, 4.69) is 25.6 Å². The van der Waals surface area contributed by atoms with Gasteiger partial charge in [0, 0.05) is 25.3 Å². The molecule has 0 bridgehead atoms. The summed E-state index contributed by atoms with van der Waals surface area (Å²) in [6, 6.07) is 7.70. The summed E-state index contributed by atoms with van der Waals surface area (Å²) < 4.78 is 1.95. The van der Waals surface area contributed by atoms with E-state index in [1.54, 1.807) is 20.2 Å². The fourth-order valence-electron chi connectivity index (χ4n) is 2.55. The minimum absolute atomic E-state index is 0.337. The molecule has 26 heavy (non-hydrogen) atoms. The summed E-state index contributed by atoms with van der Waals surface area (Å²) >= 11 is 0. The van der Waals surface area contributed by atoms with Gasteiger partial charge in [0.2, 0.25) is 5.95 Å². The number of imidazole rings is 1. The van der Waals surface area contributed by atoms with Gasteiger partial charge in [0.25, 0.3) is 0 Å². The molecule has 2 heterocycles. The Morgan fingerprint density at radius 2 is 1.96 bits per heavy atom. The summed E-state index contributed by atoms with van der Waals surface area (Å²) in [5.41, 5.74) is 8.31. The van der Waals surface area contributed by atoms with Gasteiger partial charge < -0.3 is 26.0 Å². The second kappa shape index (κ2) is 7.17. The molecule has 0 saturated heterocycles. The van der Waals surface area contributed by atoms with E-state index in [1.165, 1.54) is 0 Å². The van der Waals surface area contributed by atoms with Gasteiger partial charge in [0.05, 0.1) is 11.9 Å². The van der Waals surface area contributed by atoms with Crippen LogP contribution in [0.25, 0.3) is 11.2 Å². The molecule has 0 aliphatic carbocycles. The third kappa shape index (κ3) is 4.02. The number of aliphatic hydroxyl groups is 1. The number of nitrogen functional groups attached to an aromatic ring is 1. The molecule has 138 valence electrons. The highest BCUT2D eigenvalue weighted by Crippen LogP contribution is 2.22. The van der Waals surface area contributed by atoms with Crippen molar-refractivity contribution in [1.82, 2.24) is 19.5 Å². The zero-order chi connectivity index (χ0) is 18.7. The number of hydrogen-bond acceptors (Lipinski definition) is 7. The monoisotopic (exact) mass is 355 g/mol. The fraction of sp³-hybridized carbons (Fsp3) is 0.389. The van der Waals surface area contributed by atoms with Crippen LogP contribution >= 0.6 is 0 Å². The first-order valence-electron chi connectivity index (χ1n) is 8.64. The Labute approximate surface area is 152 Å². The van der Waals surface area contributed by atoms with Gasteiger partial charge in [-0.05, 0) is 32.4 Å². The molecule has 1 aromatic carbocycles. The Kier molecular flexibility index (Phi) is 4.94. The van der Waals surface area contributed by atoms with Crippen LogP contribution in [-0.4, -0.2) is 36.8 Å². The molecule has 0 amide bonds. The van der Waals surface area contributed by atoms with Gasteiger partial charge in [-0.15, -0.1) is 0 Å². The van der Waals surface area contributed by atoms with Crippen LogP contribution in [0.5, 0.6) is 0 Å². The van der Waals surface area contributed by atoms with Crippen LogP contribution in [0, 0.1) is 0 Å². The van der Waals surface area contributed by atoms with Gasteiger partial charge in [0.1, 0.15) is 0 Å². The molecule has 2 aromatic heterocycles. The summed E-state index contributed by atoms with van der Waals surface area (Å²) in [5.74, 6) is 1.07.